The van der Waals surface area contributed by atoms with Gasteiger partial charge in [-0.25, -0.2) is 13.4 Å². The Morgan fingerprint density at radius 1 is 1.07 bits per heavy atom. The normalized spacial score (nSPS) is 11.4. The van der Waals surface area contributed by atoms with Crippen molar-refractivity contribution in [3.8, 4) is 11.5 Å². The molecule has 0 aliphatic carbocycles. The van der Waals surface area contributed by atoms with Crippen LogP contribution in [0.4, 0.5) is 0 Å². The van der Waals surface area contributed by atoms with Crippen molar-refractivity contribution < 1.29 is 17.6 Å². The van der Waals surface area contributed by atoms with Crippen molar-refractivity contribution in [3.05, 3.63) is 71.6 Å². The lowest BCUT2D eigenvalue weighted by Crippen LogP contribution is -2.24. The molecule has 152 valence electrons. The molecule has 1 heterocycles. The minimum absolute atomic E-state index is 0.122. The molecule has 0 aliphatic rings. The second-order valence-electron chi connectivity index (χ2n) is 6.78. The van der Waals surface area contributed by atoms with E-state index in [0.29, 0.717) is 35.0 Å². The Bertz CT molecular complexity index is 1070. The van der Waals surface area contributed by atoms with Gasteiger partial charge in [-0.1, -0.05) is 31.5 Å². The summed E-state index contributed by atoms with van der Waals surface area (Å²) in [6.07, 6.45) is 1.96. The number of carbonyl (C=O) groups excluding carboxylic acids is 1. The van der Waals surface area contributed by atoms with Gasteiger partial charge >= 0.3 is 0 Å². The fourth-order valence-corrected chi connectivity index (χ4v) is 4.19. The highest BCUT2D eigenvalue weighted by molar-refractivity contribution is 7.90. The van der Waals surface area contributed by atoms with Crippen molar-refractivity contribution in [2.24, 2.45) is 0 Å². The van der Waals surface area contributed by atoms with E-state index in [4.69, 9.17) is 4.42 Å². The zero-order valence-corrected chi connectivity index (χ0v) is 17.3. The molecule has 29 heavy (non-hydrogen) atoms. The molecule has 3 rings (SSSR count). The molecule has 7 heteroatoms. The molecule has 1 N–H and O–H groups in total. The largest absolute Gasteiger partial charge is 0.441 e. The fraction of sp³-hybridized carbons (Fsp3) is 0.273. The average molecular weight is 413 g/mol. The third kappa shape index (κ3) is 5.12. The van der Waals surface area contributed by atoms with E-state index in [0.717, 1.165) is 12.8 Å². The van der Waals surface area contributed by atoms with Gasteiger partial charge < -0.3 is 9.73 Å². The SMILES string of the molecule is CCCCNC(=O)c1ccc(-c2nc(CS(=O)(=O)c3ccccc3)c(C)o2)cc1. The van der Waals surface area contributed by atoms with Gasteiger partial charge in [0.05, 0.1) is 10.6 Å². The highest BCUT2D eigenvalue weighted by atomic mass is 32.2. The third-order valence-electron chi connectivity index (χ3n) is 4.53. The Morgan fingerprint density at radius 3 is 2.41 bits per heavy atom. The molecule has 0 saturated carbocycles. The van der Waals surface area contributed by atoms with Gasteiger partial charge in [-0.15, -0.1) is 0 Å². The second-order valence-corrected chi connectivity index (χ2v) is 8.77. The Kier molecular flexibility index (Phi) is 6.49. The van der Waals surface area contributed by atoms with E-state index >= 15 is 0 Å². The Hall–Kier alpha value is -2.93. The first-order valence-corrected chi connectivity index (χ1v) is 11.2. The summed E-state index contributed by atoms with van der Waals surface area (Å²) < 4.78 is 30.9. The highest BCUT2D eigenvalue weighted by Crippen LogP contribution is 2.25. The van der Waals surface area contributed by atoms with Crippen LogP contribution in [0.5, 0.6) is 0 Å². The van der Waals surface area contributed by atoms with E-state index in [1.54, 1.807) is 61.5 Å². The number of rotatable bonds is 8. The molecule has 0 spiro atoms. The van der Waals surface area contributed by atoms with E-state index < -0.39 is 9.84 Å². The molecule has 6 nitrogen and oxygen atoms in total. The van der Waals surface area contributed by atoms with Gasteiger partial charge in [-0.3, -0.25) is 4.79 Å². The molecule has 0 aliphatic heterocycles. The minimum Gasteiger partial charge on any atom is -0.441 e. The van der Waals surface area contributed by atoms with Crippen molar-refractivity contribution in [2.75, 3.05) is 6.54 Å². The van der Waals surface area contributed by atoms with Crippen LogP contribution in [0.25, 0.3) is 11.5 Å². The number of unbranched alkanes of at least 4 members (excludes halogenated alkanes) is 1. The number of hydrogen-bond acceptors (Lipinski definition) is 5. The molecular weight excluding hydrogens is 388 g/mol. The molecule has 0 bridgehead atoms. The van der Waals surface area contributed by atoms with Crippen molar-refractivity contribution in [1.82, 2.24) is 10.3 Å². The van der Waals surface area contributed by atoms with Gasteiger partial charge in [0.25, 0.3) is 5.91 Å². The van der Waals surface area contributed by atoms with Crippen LogP contribution in [-0.2, 0) is 15.6 Å². The van der Waals surface area contributed by atoms with E-state index in [2.05, 4.69) is 17.2 Å². The summed E-state index contributed by atoms with van der Waals surface area (Å²) >= 11 is 0. The topological polar surface area (TPSA) is 89.3 Å². The van der Waals surface area contributed by atoms with Gasteiger partial charge in [0.2, 0.25) is 5.89 Å². The highest BCUT2D eigenvalue weighted by Gasteiger charge is 2.21. The average Bonchev–Trinajstić information content (AvgIpc) is 3.08. The van der Waals surface area contributed by atoms with Crippen molar-refractivity contribution in [2.45, 2.75) is 37.3 Å². The number of nitrogens with zero attached hydrogens (tertiary/aromatic N) is 1. The quantitative estimate of drug-likeness (QED) is 0.561. The van der Waals surface area contributed by atoms with Crippen LogP contribution < -0.4 is 5.32 Å². The number of aryl methyl sites for hydroxylation is 1. The molecule has 0 fully saturated rings. The van der Waals surface area contributed by atoms with Gasteiger partial charge in [0, 0.05) is 17.7 Å². The summed E-state index contributed by atoms with van der Waals surface area (Å²) in [7, 11) is -3.51. The van der Waals surface area contributed by atoms with Crippen molar-refractivity contribution in [3.63, 3.8) is 0 Å². The number of hydrogen-bond donors (Lipinski definition) is 1. The molecular formula is C22H24N2O4S. The van der Waals surface area contributed by atoms with Crippen LogP contribution >= 0.6 is 0 Å². The monoisotopic (exact) mass is 412 g/mol. The van der Waals surface area contributed by atoms with E-state index in [1.165, 1.54) is 0 Å². The second kappa shape index (κ2) is 9.05. The predicted octanol–water partition coefficient (Wildman–Crippen LogP) is 4.15. The first-order valence-electron chi connectivity index (χ1n) is 9.53. The molecule has 0 radical (unpaired) electrons. The number of amides is 1. The van der Waals surface area contributed by atoms with Gasteiger partial charge in [-0.05, 0) is 49.7 Å². The van der Waals surface area contributed by atoms with Crippen LogP contribution in [0, 0.1) is 6.92 Å². The lowest BCUT2D eigenvalue weighted by molar-refractivity contribution is 0.0953. The maximum absolute atomic E-state index is 12.6. The fourth-order valence-electron chi connectivity index (χ4n) is 2.82. The van der Waals surface area contributed by atoms with Crippen LogP contribution in [0.1, 0.15) is 41.6 Å². The Balaban J connectivity index is 1.75. The van der Waals surface area contributed by atoms with Crippen LogP contribution in [0.2, 0.25) is 0 Å². The number of nitrogens with one attached hydrogen (secondary N) is 1. The van der Waals surface area contributed by atoms with Crippen molar-refractivity contribution in [1.29, 1.82) is 0 Å². The summed E-state index contributed by atoms with van der Waals surface area (Å²) in [6, 6.07) is 15.2. The summed E-state index contributed by atoms with van der Waals surface area (Å²) in [6.45, 7) is 4.41. The van der Waals surface area contributed by atoms with E-state index in [9.17, 15) is 13.2 Å². The number of benzene rings is 2. The summed E-state index contributed by atoms with van der Waals surface area (Å²) in [5.41, 5.74) is 1.62. The lowest BCUT2D eigenvalue weighted by Gasteiger charge is -2.04. The number of aromatic nitrogens is 1. The number of oxazole rings is 1. The number of sulfone groups is 1. The Morgan fingerprint density at radius 2 is 1.76 bits per heavy atom. The van der Waals surface area contributed by atoms with Gasteiger partial charge in [0.1, 0.15) is 11.5 Å². The smallest absolute Gasteiger partial charge is 0.251 e. The molecule has 2 aromatic carbocycles. The maximum atomic E-state index is 12.6. The summed E-state index contributed by atoms with van der Waals surface area (Å²) in [5.74, 6) is 0.437. The minimum atomic E-state index is -3.51. The molecule has 1 aromatic heterocycles. The Labute approximate surface area is 170 Å². The third-order valence-corrected chi connectivity index (χ3v) is 6.18. The summed E-state index contributed by atoms with van der Waals surface area (Å²) in [5, 5.41) is 2.87. The molecule has 1 amide bonds. The standard InChI is InChI=1S/C22H24N2O4S/c1-3-4-14-23-21(25)17-10-12-18(13-11-17)22-24-20(16(2)28-22)15-29(26,27)19-8-6-5-7-9-19/h5-13H,3-4,14-15H2,1-2H3,(H,23,25). The van der Waals surface area contributed by atoms with Gasteiger partial charge in [0.15, 0.2) is 9.84 Å². The first-order chi connectivity index (χ1) is 13.9. The first kappa shape index (κ1) is 20.8. The molecule has 0 atom stereocenters. The van der Waals surface area contributed by atoms with E-state index in [1.807, 2.05) is 0 Å². The zero-order chi connectivity index (χ0) is 20.9. The maximum Gasteiger partial charge on any atom is 0.251 e. The predicted molar refractivity (Wildman–Crippen MR) is 111 cm³/mol. The van der Waals surface area contributed by atoms with Crippen LogP contribution in [-0.4, -0.2) is 25.9 Å². The molecule has 0 saturated heterocycles. The summed E-state index contributed by atoms with van der Waals surface area (Å²) in [4.78, 5) is 16.7. The van der Waals surface area contributed by atoms with Gasteiger partial charge in [-0.2, -0.15) is 0 Å². The van der Waals surface area contributed by atoms with Crippen LogP contribution in [0.3, 0.4) is 0 Å². The molecule has 3 aromatic rings. The zero-order valence-electron chi connectivity index (χ0n) is 16.5. The van der Waals surface area contributed by atoms with E-state index in [-0.39, 0.29) is 16.6 Å². The molecule has 0 unspecified atom stereocenters. The van der Waals surface area contributed by atoms with Crippen LogP contribution in [0.15, 0.2) is 63.9 Å². The number of carbonyl (C=O) groups is 1. The van der Waals surface area contributed by atoms with Crippen molar-refractivity contribution >= 4 is 15.7 Å². The lowest BCUT2D eigenvalue weighted by atomic mass is 10.1.